The Hall–Kier alpha value is -1.60. The molecular formula is C19H19N3OS2. The van der Waals surface area contributed by atoms with Crippen molar-refractivity contribution in [3.05, 3.63) is 46.8 Å². The van der Waals surface area contributed by atoms with Gasteiger partial charge in [0.05, 0.1) is 11.5 Å². The summed E-state index contributed by atoms with van der Waals surface area (Å²) in [6.07, 6.45) is 3.13. The molecule has 0 aliphatic carbocycles. The molecule has 2 aliphatic heterocycles. The predicted octanol–water partition coefficient (Wildman–Crippen LogP) is 4.09. The number of nitrogens with zero attached hydrogens (tertiary/aromatic N) is 2. The monoisotopic (exact) mass is 369 g/mol. The van der Waals surface area contributed by atoms with E-state index in [1.165, 1.54) is 15.3 Å². The molecule has 3 aromatic rings. The summed E-state index contributed by atoms with van der Waals surface area (Å²) >= 11 is 3.53. The molecule has 128 valence electrons. The number of ether oxygens (including phenoxy) is 1. The van der Waals surface area contributed by atoms with Crippen molar-refractivity contribution >= 4 is 22.7 Å². The summed E-state index contributed by atoms with van der Waals surface area (Å²) < 4.78 is 6.29. The van der Waals surface area contributed by atoms with Gasteiger partial charge in [0.2, 0.25) is 0 Å². The molecule has 0 unspecified atom stereocenters. The Bertz CT molecular complexity index is 881. The first kappa shape index (κ1) is 15.6. The van der Waals surface area contributed by atoms with Crippen molar-refractivity contribution in [2.24, 2.45) is 0 Å². The number of piperidine rings is 1. The first-order valence-electron chi connectivity index (χ1n) is 8.71. The maximum absolute atomic E-state index is 6.29. The Morgan fingerprint density at radius 1 is 1.00 bits per heavy atom. The Kier molecular flexibility index (Phi) is 3.93. The van der Waals surface area contributed by atoms with Gasteiger partial charge in [-0.05, 0) is 44.0 Å². The van der Waals surface area contributed by atoms with Crippen LogP contribution in [0.1, 0.15) is 23.3 Å². The highest BCUT2D eigenvalue weighted by Gasteiger charge is 2.40. The van der Waals surface area contributed by atoms with Crippen LogP contribution < -0.4 is 5.32 Å². The van der Waals surface area contributed by atoms with E-state index in [1.54, 1.807) is 11.3 Å². The van der Waals surface area contributed by atoms with Crippen LogP contribution in [0.2, 0.25) is 0 Å². The van der Waals surface area contributed by atoms with E-state index in [1.807, 2.05) is 29.5 Å². The van der Waals surface area contributed by atoms with Crippen LogP contribution in [-0.4, -0.2) is 29.9 Å². The van der Waals surface area contributed by atoms with Crippen molar-refractivity contribution < 1.29 is 4.74 Å². The zero-order valence-corrected chi connectivity index (χ0v) is 15.5. The zero-order chi connectivity index (χ0) is 16.7. The smallest absolute Gasteiger partial charge is 0.158 e. The molecular weight excluding hydrogens is 350 g/mol. The fourth-order valence-electron chi connectivity index (χ4n) is 3.75. The number of benzene rings is 1. The Labute approximate surface area is 154 Å². The molecule has 2 aromatic heterocycles. The molecule has 0 bridgehead atoms. The van der Waals surface area contributed by atoms with Gasteiger partial charge in [-0.3, -0.25) is 0 Å². The molecule has 6 heteroatoms. The van der Waals surface area contributed by atoms with Gasteiger partial charge in [-0.1, -0.05) is 41.7 Å². The number of hydrogen-bond donors (Lipinski definition) is 1. The third-order valence-corrected chi connectivity index (χ3v) is 7.54. The highest BCUT2D eigenvalue weighted by Crippen LogP contribution is 2.47. The van der Waals surface area contributed by atoms with Crippen LogP contribution in [0, 0.1) is 0 Å². The first-order chi connectivity index (χ1) is 12.3. The van der Waals surface area contributed by atoms with Crippen molar-refractivity contribution in [3.63, 3.8) is 0 Å². The maximum atomic E-state index is 6.29. The van der Waals surface area contributed by atoms with Crippen molar-refractivity contribution in [2.45, 2.75) is 24.9 Å². The first-order valence-corrected chi connectivity index (χ1v) is 10.3. The van der Waals surface area contributed by atoms with Gasteiger partial charge in [0.1, 0.15) is 10.6 Å². The molecule has 2 aliphatic rings. The number of nitrogens with one attached hydrogen (secondary N) is 1. The quantitative estimate of drug-likeness (QED) is 0.739. The van der Waals surface area contributed by atoms with Gasteiger partial charge in [0, 0.05) is 10.4 Å². The molecule has 25 heavy (non-hydrogen) atoms. The minimum Gasteiger partial charge on any atom is -0.369 e. The minimum absolute atomic E-state index is 0.0747. The van der Waals surface area contributed by atoms with Crippen molar-refractivity contribution in [2.75, 3.05) is 19.7 Å². The maximum Gasteiger partial charge on any atom is 0.158 e. The molecule has 1 fully saturated rings. The van der Waals surface area contributed by atoms with Gasteiger partial charge in [-0.25, -0.2) is 0 Å². The van der Waals surface area contributed by atoms with Crippen molar-refractivity contribution in [1.82, 2.24) is 15.5 Å². The summed E-state index contributed by atoms with van der Waals surface area (Å²) in [5, 5.41) is 14.3. The van der Waals surface area contributed by atoms with E-state index in [4.69, 9.17) is 4.74 Å². The van der Waals surface area contributed by atoms with Gasteiger partial charge in [-0.15, -0.1) is 21.5 Å². The van der Waals surface area contributed by atoms with Crippen molar-refractivity contribution in [1.29, 1.82) is 0 Å². The molecule has 0 radical (unpaired) electrons. The van der Waals surface area contributed by atoms with E-state index in [9.17, 15) is 0 Å². The lowest BCUT2D eigenvalue weighted by Gasteiger charge is -2.40. The van der Waals surface area contributed by atoms with E-state index >= 15 is 0 Å². The van der Waals surface area contributed by atoms with Crippen LogP contribution in [0.25, 0.3) is 20.5 Å². The average Bonchev–Trinajstić information content (AvgIpc) is 3.31. The SMILES string of the molecule is c1ccc(-c2nnc(-c3cc4c(s3)C3(CCNCC3)OCC4)s2)cc1. The summed E-state index contributed by atoms with van der Waals surface area (Å²) in [4.78, 5) is 2.65. The van der Waals surface area contributed by atoms with Gasteiger partial charge < -0.3 is 10.1 Å². The molecule has 0 atom stereocenters. The topological polar surface area (TPSA) is 47.0 Å². The molecule has 1 N–H and O–H groups in total. The van der Waals surface area contributed by atoms with Gasteiger partial charge >= 0.3 is 0 Å². The lowest BCUT2D eigenvalue weighted by atomic mass is 9.86. The fraction of sp³-hybridized carbons (Fsp3) is 0.368. The zero-order valence-electron chi connectivity index (χ0n) is 13.8. The van der Waals surface area contributed by atoms with Crippen LogP contribution in [0.5, 0.6) is 0 Å². The van der Waals surface area contributed by atoms with Crippen LogP contribution >= 0.6 is 22.7 Å². The largest absolute Gasteiger partial charge is 0.369 e. The van der Waals surface area contributed by atoms with E-state index in [-0.39, 0.29) is 5.60 Å². The van der Waals surface area contributed by atoms with Crippen LogP contribution in [0.4, 0.5) is 0 Å². The molecule has 4 nitrogen and oxygen atoms in total. The third-order valence-electron chi connectivity index (χ3n) is 5.04. The summed E-state index contributed by atoms with van der Waals surface area (Å²) in [5.41, 5.74) is 2.50. The summed E-state index contributed by atoms with van der Waals surface area (Å²) in [7, 11) is 0. The molecule has 1 saturated heterocycles. The van der Waals surface area contributed by atoms with E-state index < -0.39 is 0 Å². The van der Waals surface area contributed by atoms with Crippen LogP contribution in [0.15, 0.2) is 36.4 Å². The molecule has 5 rings (SSSR count). The van der Waals surface area contributed by atoms with Gasteiger partial charge in [-0.2, -0.15) is 0 Å². The normalized spacial score (nSPS) is 19.0. The Morgan fingerprint density at radius 3 is 2.64 bits per heavy atom. The average molecular weight is 370 g/mol. The van der Waals surface area contributed by atoms with Crippen molar-refractivity contribution in [3.8, 4) is 20.5 Å². The number of thiophene rings is 1. The second kappa shape index (κ2) is 6.29. The van der Waals surface area contributed by atoms with E-state index in [0.29, 0.717) is 0 Å². The lowest BCUT2D eigenvalue weighted by molar-refractivity contribution is -0.0771. The number of hydrogen-bond acceptors (Lipinski definition) is 6. The Morgan fingerprint density at radius 2 is 1.80 bits per heavy atom. The predicted molar refractivity (Wildman–Crippen MR) is 102 cm³/mol. The standard InChI is InChI=1S/C19H19N3OS2/c1-2-4-13(5-3-1)17-21-22-18(25-17)15-12-14-6-11-23-19(16(14)24-15)7-9-20-10-8-19/h1-5,12,20H,6-11H2. The molecule has 1 spiro atoms. The minimum atomic E-state index is -0.0747. The molecule has 4 heterocycles. The molecule has 1 aromatic carbocycles. The van der Waals surface area contributed by atoms with Gasteiger partial charge in [0.25, 0.3) is 0 Å². The van der Waals surface area contributed by atoms with E-state index in [2.05, 4.69) is 33.7 Å². The lowest BCUT2D eigenvalue weighted by Crippen LogP contribution is -2.43. The number of fused-ring (bicyclic) bond motifs is 2. The fourth-order valence-corrected chi connectivity index (χ4v) is 6.05. The highest BCUT2D eigenvalue weighted by molar-refractivity contribution is 7.23. The summed E-state index contributed by atoms with van der Waals surface area (Å²) in [5.74, 6) is 0. The summed E-state index contributed by atoms with van der Waals surface area (Å²) in [6.45, 7) is 2.89. The van der Waals surface area contributed by atoms with E-state index in [0.717, 1.165) is 54.5 Å². The second-order valence-corrected chi connectivity index (χ2v) is 8.62. The van der Waals surface area contributed by atoms with Gasteiger partial charge in [0.15, 0.2) is 5.01 Å². The summed E-state index contributed by atoms with van der Waals surface area (Å²) in [6, 6.07) is 12.6. The second-order valence-electron chi connectivity index (χ2n) is 6.59. The number of aromatic nitrogens is 2. The van der Waals surface area contributed by atoms with Crippen LogP contribution in [0.3, 0.4) is 0 Å². The molecule has 0 amide bonds. The van der Waals surface area contributed by atoms with Crippen LogP contribution in [-0.2, 0) is 16.8 Å². The highest BCUT2D eigenvalue weighted by atomic mass is 32.1. The Balaban J connectivity index is 1.51. The third kappa shape index (κ3) is 2.73. The number of rotatable bonds is 2. The molecule has 0 saturated carbocycles.